The molecule has 0 radical (unpaired) electrons. The molecule has 2 fully saturated rings. The van der Waals surface area contributed by atoms with Crippen LogP contribution in [0.3, 0.4) is 0 Å². The Labute approximate surface area is 287 Å². The van der Waals surface area contributed by atoms with Crippen molar-refractivity contribution in [2.24, 2.45) is 0 Å². The van der Waals surface area contributed by atoms with E-state index in [1.807, 2.05) is 91.0 Å². The first-order valence-electron chi connectivity index (χ1n) is 16.2. The number of carbonyl (C=O) groups excluding carboxylic acids is 2. The number of likely N-dealkylation sites (N-methyl/N-ethyl adjacent to an activating group) is 2. The largest absolute Gasteiger partial charge is 0.457 e. The van der Waals surface area contributed by atoms with Crippen molar-refractivity contribution in [2.75, 3.05) is 50.9 Å². The number of likely N-dealkylation sites (tertiary alicyclic amines) is 2. The van der Waals surface area contributed by atoms with Gasteiger partial charge in [-0.25, -0.2) is 9.59 Å². The van der Waals surface area contributed by atoms with E-state index in [1.54, 1.807) is 39.8 Å². The maximum absolute atomic E-state index is 12.4. The Kier molecular flexibility index (Phi) is 11.5. The highest BCUT2D eigenvalue weighted by Crippen LogP contribution is 2.25. The van der Waals surface area contributed by atoms with Crippen LogP contribution >= 0.6 is 0 Å². The van der Waals surface area contributed by atoms with Gasteiger partial charge in [0.1, 0.15) is 11.5 Å². The molecule has 2 aliphatic rings. The van der Waals surface area contributed by atoms with Crippen LogP contribution in [0.1, 0.15) is 12.8 Å². The standard InChI is InChI=1S/C19H20N4O2.C19H20N4O/c1-22(16-10-11-23(13-16)14-20)19(24)21-15-6-5-9-18(12-15)25-17-7-3-2-4-8-17;1-22(18-11-12-23(13-18)14-20)19(24)21-17-9-7-16(8-10-17)15-5-3-2-4-6-15/h2-9,12,16H,10-11,13H2,1H3,(H,21,24);2-10,18H,11-13H2,1H3,(H,21,24). The maximum atomic E-state index is 12.4. The minimum absolute atomic E-state index is 0.0448. The predicted octanol–water partition coefficient (Wildman–Crippen LogP) is 6.87. The van der Waals surface area contributed by atoms with Crippen molar-refractivity contribution in [2.45, 2.75) is 24.9 Å². The Balaban J connectivity index is 0.000000191. The van der Waals surface area contributed by atoms with Gasteiger partial charge in [-0.05, 0) is 60.4 Å². The Morgan fingerprint density at radius 1 is 0.653 bits per heavy atom. The zero-order chi connectivity index (χ0) is 34.6. The second-order valence-electron chi connectivity index (χ2n) is 11.9. The first-order chi connectivity index (χ1) is 23.8. The van der Waals surface area contributed by atoms with Gasteiger partial charge in [0.15, 0.2) is 12.4 Å². The lowest BCUT2D eigenvalue weighted by molar-refractivity contribution is 0.205. The van der Waals surface area contributed by atoms with Crippen LogP contribution in [-0.2, 0) is 0 Å². The molecule has 0 spiro atoms. The highest BCUT2D eigenvalue weighted by Gasteiger charge is 2.29. The number of hydrogen-bond donors (Lipinski definition) is 2. The van der Waals surface area contributed by atoms with Gasteiger partial charge in [-0.15, -0.1) is 0 Å². The lowest BCUT2D eigenvalue weighted by Crippen LogP contribution is -2.41. The fourth-order valence-electron chi connectivity index (χ4n) is 5.69. The van der Waals surface area contributed by atoms with Gasteiger partial charge in [-0.1, -0.05) is 66.7 Å². The van der Waals surface area contributed by atoms with E-state index < -0.39 is 0 Å². The molecular formula is C38H40N8O3. The first kappa shape index (κ1) is 34.1. The molecule has 2 saturated heterocycles. The Morgan fingerprint density at radius 2 is 1.14 bits per heavy atom. The van der Waals surface area contributed by atoms with Gasteiger partial charge in [0, 0.05) is 57.7 Å². The van der Waals surface area contributed by atoms with E-state index in [4.69, 9.17) is 15.3 Å². The third-order valence-corrected chi connectivity index (χ3v) is 8.65. The summed E-state index contributed by atoms with van der Waals surface area (Å²) in [7, 11) is 3.53. The summed E-state index contributed by atoms with van der Waals surface area (Å²) in [5.41, 5.74) is 3.69. The minimum Gasteiger partial charge on any atom is -0.457 e. The number of nitriles is 2. The highest BCUT2D eigenvalue weighted by molar-refractivity contribution is 5.90. The van der Waals surface area contributed by atoms with Crippen LogP contribution in [0.2, 0.25) is 0 Å². The third-order valence-electron chi connectivity index (χ3n) is 8.65. The third kappa shape index (κ3) is 9.43. The Hall–Kier alpha value is -6.20. The van der Waals surface area contributed by atoms with Crippen molar-refractivity contribution in [1.82, 2.24) is 19.6 Å². The zero-order valence-corrected chi connectivity index (χ0v) is 27.7. The topological polar surface area (TPSA) is 128 Å². The SMILES string of the molecule is CN(C(=O)Nc1ccc(-c2ccccc2)cc1)C1CCN(C#N)C1.CN(C(=O)Nc1cccc(Oc2ccccc2)c1)C1CCN(C#N)C1. The quantitative estimate of drug-likeness (QED) is 0.208. The van der Waals surface area contributed by atoms with Crippen molar-refractivity contribution in [3.8, 4) is 35.0 Å². The lowest BCUT2D eigenvalue weighted by Gasteiger charge is -2.24. The molecule has 2 unspecified atom stereocenters. The summed E-state index contributed by atoms with van der Waals surface area (Å²) in [6, 6.07) is 34.5. The minimum atomic E-state index is -0.193. The summed E-state index contributed by atoms with van der Waals surface area (Å²) in [5, 5.41) is 23.6. The number of nitrogens with one attached hydrogen (secondary N) is 2. The van der Waals surface area contributed by atoms with Gasteiger partial charge >= 0.3 is 12.1 Å². The van der Waals surface area contributed by atoms with E-state index in [0.29, 0.717) is 37.6 Å². The zero-order valence-electron chi connectivity index (χ0n) is 27.7. The average Bonchev–Trinajstić information content (AvgIpc) is 3.83. The summed E-state index contributed by atoms with van der Waals surface area (Å²) in [6.07, 6.45) is 5.88. The lowest BCUT2D eigenvalue weighted by atomic mass is 10.1. The predicted molar refractivity (Wildman–Crippen MR) is 190 cm³/mol. The molecule has 0 aromatic heterocycles. The molecule has 4 amide bonds. The van der Waals surface area contributed by atoms with Crippen LogP contribution in [0.15, 0.2) is 109 Å². The summed E-state index contributed by atoms with van der Waals surface area (Å²) in [6.45, 7) is 2.59. The van der Waals surface area contributed by atoms with Crippen LogP contribution in [0, 0.1) is 22.9 Å². The molecule has 2 heterocycles. The second-order valence-corrected chi connectivity index (χ2v) is 11.9. The molecule has 4 aromatic rings. The molecule has 2 atom stereocenters. The molecule has 0 aliphatic carbocycles. The van der Waals surface area contributed by atoms with Crippen molar-refractivity contribution in [3.05, 3.63) is 109 Å². The van der Waals surface area contributed by atoms with E-state index in [1.165, 1.54) is 0 Å². The second kappa shape index (κ2) is 16.6. The fraction of sp³-hybridized carbons (Fsp3) is 0.263. The van der Waals surface area contributed by atoms with E-state index in [2.05, 4.69) is 35.2 Å². The number of ether oxygens (including phenoxy) is 1. The number of amides is 4. The maximum Gasteiger partial charge on any atom is 0.321 e. The molecule has 250 valence electrons. The van der Waals surface area contributed by atoms with Crippen LogP contribution in [0.4, 0.5) is 21.0 Å². The van der Waals surface area contributed by atoms with Crippen molar-refractivity contribution >= 4 is 23.4 Å². The first-order valence-corrected chi connectivity index (χ1v) is 16.2. The number of para-hydroxylation sites is 1. The molecule has 2 N–H and O–H groups in total. The summed E-state index contributed by atoms with van der Waals surface area (Å²) < 4.78 is 5.78. The normalized spacial score (nSPS) is 16.3. The molecule has 11 nitrogen and oxygen atoms in total. The van der Waals surface area contributed by atoms with E-state index >= 15 is 0 Å². The Bertz CT molecular complexity index is 1770. The molecule has 0 saturated carbocycles. The summed E-state index contributed by atoms with van der Waals surface area (Å²) in [5.74, 6) is 1.40. The molecule has 2 aliphatic heterocycles. The number of benzene rings is 4. The Morgan fingerprint density at radius 3 is 1.67 bits per heavy atom. The molecule has 4 aromatic carbocycles. The van der Waals surface area contributed by atoms with Gasteiger partial charge in [-0.3, -0.25) is 0 Å². The van der Waals surface area contributed by atoms with E-state index in [9.17, 15) is 9.59 Å². The summed E-state index contributed by atoms with van der Waals surface area (Å²) in [4.78, 5) is 31.5. The molecular weight excluding hydrogens is 616 g/mol. The number of urea groups is 2. The van der Waals surface area contributed by atoms with Gasteiger partial charge in [0.2, 0.25) is 0 Å². The van der Waals surface area contributed by atoms with Crippen LogP contribution < -0.4 is 15.4 Å². The molecule has 0 bridgehead atoms. The van der Waals surface area contributed by atoms with Gasteiger partial charge in [-0.2, -0.15) is 10.5 Å². The van der Waals surface area contributed by atoms with Crippen LogP contribution in [-0.4, -0.2) is 84.0 Å². The monoisotopic (exact) mass is 656 g/mol. The fourth-order valence-corrected chi connectivity index (χ4v) is 5.69. The number of rotatable bonds is 7. The molecule has 6 rings (SSSR count). The van der Waals surface area contributed by atoms with Crippen molar-refractivity contribution < 1.29 is 14.3 Å². The number of hydrogen-bond acceptors (Lipinski definition) is 7. The van der Waals surface area contributed by atoms with E-state index in [-0.39, 0.29) is 24.1 Å². The van der Waals surface area contributed by atoms with E-state index in [0.717, 1.165) is 35.4 Å². The van der Waals surface area contributed by atoms with Gasteiger partial charge in [0.25, 0.3) is 0 Å². The average molecular weight is 657 g/mol. The van der Waals surface area contributed by atoms with Crippen LogP contribution in [0.5, 0.6) is 11.5 Å². The number of nitrogens with zero attached hydrogens (tertiary/aromatic N) is 6. The van der Waals surface area contributed by atoms with Gasteiger partial charge < -0.3 is 35.0 Å². The molecule has 49 heavy (non-hydrogen) atoms. The summed E-state index contributed by atoms with van der Waals surface area (Å²) >= 11 is 0. The highest BCUT2D eigenvalue weighted by atomic mass is 16.5. The van der Waals surface area contributed by atoms with Crippen LogP contribution in [0.25, 0.3) is 11.1 Å². The van der Waals surface area contributed by atoms with Crippen molar-refractivity contribution in [1.29, 1.82) is 10.5 Å². The smallest absolute Gasteiger partial charge is 0.321 e. The number of carbonyl (C=O) groups is 2. The van der Waals surface area contributed by atoms with Gasteiger partial charge in [0.05, 0.1) is 12.1 Å². The van der Waals surface area contributed by atoms with Crippen molar-refractivity contribution in [3.63, 3.8) is 0 Å². The molecule has 11 heteroatoms. The number of anilines is 2.